The van der Waals surface area contributed by atoms with E-state index in [0.29, 0.717) is 6.61 Å². The number of benzene rings is 1. The van der Waals surface area contributed by atoms with E-state index in [1.165, 1.54) is 0 Å². The van der Waals surface area contributed by atoms with Gasteiger partial charge in [0.15, 0.2) is 0 Å². The number of hydrogen-bond donors (Lipinski definition) is 1. The van der Waals surface area contributed by atoms with Crippen LogP contribution in [0, 0.1) is 11.6 Å². The van der Waals surface area contributed by atoms with E-state index in [2.05, 4.69) is 5.32 Å². The van der Waals surface area contributed by atoms with Gasteiger partial charge in [-0.15, -0.1) is 0 Å². The molecule has 0 saturated carbocycles. The van der Waals surface area contributed by atoms with Crippen molar-refractivity contribution in [1.29, 1.82) is 0 Å². The molecule has 3 nitrogen and oxygen atoms in total. The van der Waals surface area contributed by atoms with Gasteiger partial charge in [0.05, 0.1) is 12.2 Å². The number of hydrogen-bond acceptors (Lipinski definition) is 2. The number of halogens is 2. The highest BCUT2D eigenvalue weighted by atomic mass is 19.1. The summed E-state index contributed by atoms with van der Waals surface area (Å²) in [5, 5.41) is 2.53. The van der Waals surface area contributed by atoms with Gasteiger partial charge in [-0.05, 0) is 32.9 Å². The second kappa shape index (κ2) is 5.91. The molecule has 1 rings (SSSR count). The minimum atomic E-state index is -0.772. The molecule has 0 heterocycles. The fourth-order valence-corrected chi connectivity index (χ4v) is 1.31. The highest BCUT2D eigenvalue weighted by Gasteiger charge is 2.11. The van der Waals surface area contributed by atoms with Crippen molar-refractivity contribution in [1.82, 2.24) is 5.32 Å². The van der Waals surface area contributed by atoms with Crippen molar-refractivity contribution >= 4 is 5.91 Å². The first-order valence-electron chi connectivity index (χ1n) is 5.66. The van der Waals surface area contributed by atoms with Crippen molar-refractivity contribution < 1.29 is 18.3 Å². The molecule has 5 heteroatoms. The number of carbonyl (C=O) groups is 1. The molecule has 0 fully saturated rings. The van der Waals surface area contributed by atoms with E-state index in [-0.39, 0.29) is 17.7 Å². The maximum absolute atomic E-state index is 12.9. The Labute approximate surface area is 105 Å². The molecule has 0 aliphatic carbocycles. The van der Waals surface area contributed by atoms with Gasteiger partial charge in [-0.3, -0.25) is 4.79 Å². The first-order chi connectivity index (χ1) is 8.28. The van der Waals surface area contributed by atoms with Crippen LogP contribution in [0.25, 0.3) is 0 Å². The average Bonchev–Trinajstić information content (AvgIpc) is 2.21. The summed E-state index contributed by atoms with van der Waals surface area (Å²) in [5.74, 6) is -2.07. The first kappa shape index (κ1) is 14.6. The maximum Gasteiger partial charge on any atom is 0.251 e. The Morgan fingerprint density at radius 2 is 1.78 bits per heavy atom. The van der Waals surface area contributed by atoms with Crippen molar-refractivity contribution in [2.75, 3.05) is 13.2 Å². The highest BCUT2D eigenvalue weighted by Crippen LogP contribution is 2.08. The Hall–Kier alpha value is -1.49. The van der Waals surface area contributed by atoms with E-state index in [1.807, 2.05) is 20.8 Å². The van der Waals surface area contributed by atoms with Crippen molar-refractivity contribution in [2.45, 2.75) is 26.4 Å². The molecule has 0 aliphatic rings. The Bertz CT molecular complexity index is 407. The molecule has 0 spiro atoms. The van der Waals surface area contributed by atoms with Gasteiger partial charge in [0, 0.05) is 18.2 Å². The zero-order valence-corrected chi connectivity index (χ0v) is 10.7. The monoisotopic (exact) mass is 257 g/mol. The van der Waals surface area contributed by atoms with Crippen LogP contribution in [0.1, 0.15) is 31.1 Å². The topological polar surface area (TPSA) is 38.3 Å². The van der Waals surface area contributed by atoms with Gasteiger partial charge in [0.2, 0.25) is 0 Å². The summed E-state index contributed by atoms with van der Waals surface area (Å²) in [7, 11) is 0. The zero-order valence-electron chi connectivity index (χ0n) is 10.7. The van der Waals surface area contributed by atoms with Crippen LogP contribution >= 0.6 is 0 Å². The van der Waals surface area contributed by atoms with Crippen molar-refractivity contribution in [3.05, 3.63) is 35.4 Å². The molecule has 1 amide bonds. The lowest BCUT2D eigenvalue weighted by molar-refractivity contribution is -0.000653. The summed E-state index contributed by atoms with van der Waals surface area (Å²) in [6.45, 7) is 6.32. The first-order valence-corrected chi connectivity index (χ1v) is 5.66. The predicted octanol–water partition coefficient (Wildman–Crippen LogP) is 2.51. The van der Waals surface area contributed by atoms with E-state index in [4.69, 9.17) is 4.74 Å². The zero-order chi connectivity index (χ0) is 13.8. The normalized spacial score (nSPS) is 11.4. The molecule has 18 heavy (non-hydrogen) atoms. The summed E-state index contributed by atoms with van der Waals surface area (Å²) >= 11 is 0. The van der Waals surface area contributed by atoms with Crippen LogP contribution < -0.4 is 5.32 Å². The molecule has 1 N–H and O–H groups in total. The Morgan fingerprint density at radius 3 is 2.28 bits per heavy atom. The van der Waals surface area contributed by atoms with Crippen LogP contribution in [-0.2, 0) is 4.74 Å². The second-order valence-corrected chi connectivity index (χ2v) is 4.87. The van der Waals surface area contributed by atoms with Gasteiger partial charge in [-0.25, -0.2) is 8.78 Å². The summed E-state index contributed by atoms with van der Waals surface area (Å²) in [4.78, 5) is 11.6. The summed E-state index contributed by atoms with van der Waals surface area (Å²) in [6, 6.07) is 2.70. The van der Waals surface area contributed by atoms with Crippen molar-refractivity contribution in [3.63, 3.8) is 0 Å². The Kier molecular flexibility index (Phi) is 4.78. The minimum absolute atomic E-state index is 0.0386. The molecular formula is C13H17F2NO2. The molecule has 0 bridgehead atoms. The summed E-state index contributed by atoms with van der Waals surface area (Å²) in [5.41, 5.74) is -0.321. The number of nitrogens with one attached hydrogen (secondary N) is 1. The van der Waals surface area contributed by atoms with Crippen LogP contribution in [0.15, 0.2) is 18.2 Å². The molecule has 1 aromatic carbocycles. The van der Waals surface area contributed by atoms with Crippen LogP contribution in [0.3, 0.4) is 0 Å². The number of amides is 1. The Morgan fingerprint density at radius 1 is 1.22 bits per heavy atom. The fraction of sp³-hybridized carbons (Fsp3) is 0.462. The van der Waals surface area contributed by atoms with Crippen molar-refractivity contribution in [3.8, 4) is 0 Å². The van der Waals surface area contributed by atoms with Gasteiger partial charge < -0.3 is 10.1 Å². The Balaban J connectivity index is 2.46. The maximum atomic E-state index is 12.9. The third-order valence-electron chi connectivity index (χ3n) is 2.05. The third kappa shape index (κ3) is 5.23. The smallest absolute Gasteiger partial charge is 0.251 e. The molecular weight excluding hydrogens is 240 g/mol. The van der Waals surface area contributed by atoms with Gasteiger partial charge in [0.25, 0.3) is 5.91 Å². The van der Waals surface area contributed by atoms with E-state index in [9.17, 15) is 13.6 Å². The lowest BCUT2D eigenvalue weighted by Gasteiger charge is -2.19. The lowest BCUT2D eigenvalue weighted by atomic mass is 10.2. The van der Waals surface area contributed by atoms with Crippen LogP contribution in [0.5, 0.6) is 0 Å². The minimum Gasteiger partial charge on any atom is -0.374 e. The van der Waals surface area contributed by atoms with E-state index in [1.54, 1.807) is 0 Å². The molecule has 100 valence electrons. The molecule has 0 aromatic heterocycles. The largest absolute Gasteiger partial charge is 0.374 e. The molecule has 0 radical (unpaired) electrons. The molecule has 0 saturated heterocycles. The SMILES string of the molecule is CC(C)(C)OCCNC(=O)c1cc(F)cc(F)c1. The standard InChI is InChI=1S/C13H17F2NO2/c1-13(2,3)18-5-4-16-12(17)9-6-10(14)8-11(15)7-9/h6-8H,4-5H2,1-3H3,(H,16,17). The molecule has 0 aliphatic heterocycles. The summed E-state index contributed by atoms with van der Waals surface area (Å²) in [6.07, 6.45) is 0. The van der Waals surface area contributed by atoms with Crippen molar-refractivity contribution in [2.24, 2.45) is 0 Å². The molecule has 1 aromatic rings. The number of ether oxygens (including phenoxy) is 1. The molecule has 0 atom stereocenters. The van der Waals surface area contributed by atoms with E-state index < -0.39 is 17.5 Å². The van der Waals surface area contributed by atoms with Crippen LogP contribution in [-0.4, -0.2) is 24.7 Å². The van der Waals surface area contributed by atoms with E-state index >= 15 is 0 Å². The van der Waals surface area contributed by atoms with E-state index in [0.717, 1.165) is 18.2 Å². The lowest BCUT2D eigenvalue weighted by Crippen LogP contribution is -2.30. The average molecular weight is 257 g/mol. The van der Waals surface area contributed by atoms with Gasteiger partial charge >= 0.3 is 0 Å². The van der Waals surface area contributed by atoms with Gasteiger partial charge in [-0.2, -0.15) is 0 Å². The summed E-state index contributed by atoms with van der Waals surface area (Å²) < 4.78 is 31.2. The predicted molar refractivity (Wildman–Crippen MR) is 64.4 cm³/mol. The third-order valence-corrected chi connectivity index (χ3v) is 2.05. The second-order valence-electron chi connectivity index (χ2n) is 4.87. The van der Waals surface area contributed by atoms with Gasteiger partial charge in [-0.1, -0.05) is 0 Å². The highest BCUT2D eigenvalue weighted by molar-refractivity contribution is 5.94. The van der Waals surface area contributed by atoms with Crippen LogP contribution in [0.4, 0.5) is 8.78 Å². The number of rotatable bonds is 4. The van der Waals surface area contributed by atoms with Crippen LogP contribution in [0.2, 0.25) is 0 Å². The quantitative estimate of drug-likeness (QED) is 0.842. The van der Waals surface area contributed by atoms with Gasteiger partial charge in [0.1, 0.15) is 11.6 Å². The number of carbonyl (C=O) groups excluding carboxylic acids is 1. The fourth-order valence-electron chi connectivity index (χ4n) is 1.31. The molecule has 0 unspecified atom stereocenters.